The van der Waals surface area contributed by atoms with Crippen LogP contribution < -0.4 is 5.32 Å². The molecule has 0 unspecified atom stereocenters. The molecule has 0 aromatic carbocycles. The standard InChI is InChI=1S/C11H11N3/c1-2-8-6-12-7-10(11(8)13-5-1)14-9-3-4-9/h1-2,5-7,9,14H,3-4H2. The minimum atomic E-state index is 0.643. The lowest BCUT2D eigenvalue weighted by Crippen LogP contribution is -2.02. The molecule has 3 rings (SSSR count). The van der Waals surface area contributed by atoms with Gasteiger partial charge in [0.15, 0.2) is 0 Å². The van der Waals surface area contributed by atoms with Gasteiger partial charge in [-0.3, -0.25) is 9.97 Å². The molecule has 2 aromatic heterocycles. The Morgan fingerprint density at radius 3 is 3.07 bits per heavy atom. The maximum absolute atomic E-state index is 4.36. The van der Waals surface area contributed by atoms with Crippen LogP contribution in [0.5, 0.6) is 0 Å². The highest BCUT2D eigenvalue weighted by atomic mass is 15.0. The van der Waals surface area contributed by atoms with Gasteiger partial charge in [-0.2, -0.15) is 0 Å². The number of hydrogen-bond donors (Lipinski definition) is 1. The number of pyridine rings is 2. The second kappa shape index (κ2) is 2.94. The van der Waals surface area contributed by atoms with Gasteiger partial charge in [-0.05, 0) is 25.0 Å². The number of nitrogens with one attached hydrogen (secondary N) is 1. The van der Waals surface area contributed by atoms with Gasteiger partial charge < -0.3 is 5.32 Å². The number of anilines is 1. The molecule has 2 aromatic rings. The van der Waals surface area contributed by atoms with Crippen molar-refractivity contribution in [3.05, 3.63) is 30.7 Å². The molecule has 0 radical (unpaired) electrons. The van der Waals surface area contributed by atoms with Crippen LogP contribution in [0.4, 0.5) is 5.69 Å². The number of fused-ring (bicyclic) bond motifs is 1. The third-order valence-electron chi connectivity index (χ3n) is 2.45. The smallest absolute Gasteiger partial charge is 0.0964 e. The van der Waals surface area contributed by atoms with Crippen molar-refractivity contribution in [2.45, 2.75) is 18.9 Å². The van der Waals surface area contributed by atoms with Gasteiger partial charge in [0, 0.05) is 23.8 Å². The summed E-state index contributed by atoms with van der Waals surface area (Å²) in [6.45, 7) is 0. The van der Waals surface area contributed by atoms with E-state index in [1.807, 2.05) is 30.7 Å². The van der Waals surface area contributed by atoms with Crippen LogP contribution >= 0.6 is 0 Å². The summed E-state index contributed by atoms with van der Waals surface area (Å²) in [4.78, 5) is 8.55. The number of nitrogens with zero attached hydrogens (tertiary/aromatic N) is 2. The average Bonchev–Trinajstić information content (AvgIpc) is 3.03. The number of rotatable bonds is 2. The van der Waals surface area contributed by atoms with Crippen LogP contribution in [-0.4, -0.2) is 16.0 Å². The molecule has 0 spiro atoms. The topological polar surface area (TPSA) is 37.8 Å². The average molecular weight is 185 g/mol. The maximum atomic E-state index is 4.36. The van der Waals surface area contributed by atoms with Crippen molar-refractivity contribution < 1.29 is 0 Å². The van der Waals surface area contributed by atoms with Gasteiger partial charge in [0.25, 0.3) is 0 Å². The maximum Gasteiger partial charge on any atom is 0.0964 e. The van der Waals surface area contributed by atoms with E-state index in [9.17, 15) is 0 Å². The molecule has 0 saturated heterocycles. The van der Waals surface area contributed by atoms with E-state index >= 15 is 0 Å². The molecule has 1 aliphatic rings. The first-order chi connectivity index (χ1) is 6.93. The Hall–Kier alpha value is -1.64. The molecule has 14 heavy (non-hydrogen) atoms. The number of aromatic nitrogens is 2. The van der Waals surface area contributed by atoms with Gasteiger partial charge >= 0.3 is 0 Å². The van der Waals surface area contributed by atoms with Gasteiger partial charge in [0.05, 0.1) is 17.4 Å². The molecule has 1 saturated carbocycles. The van der Waals surface area contributed by atoms with Crippen LogP contribution in [0.25, 0.3) is 10.9 Å². The monoisotopic (exact) mass is 185 g/mol. The largest absolute Gasteiger partial charge is 0.379 e. The van der Waals surface area contributed by atoms with Crippen molar-refractivity contribution >= 4 is 16.6 Å². The molecule has 1 N–H and O–H groups in total. The summed E-state index contributed by atoms with van der Waals surface area (Å²) in [5.74, 6) is 0. The van der Waals surface area contributed by atoms with E-state index in [1.54, 1.807) is 0 Å². The van der Waals surface area contributed by atoms with E-state index in [1.165, 1.54) is 12.8 Å². The quantitative estimate of drug-likeness (QED) is 0.779. The van der Waals surface area contributed by atoms with Gasteiger partial charge in [0.1, 0.15) is 0 Å². The lowest BCUT2D eigenvalue weighted by molar-refractivity contribution is 1.14. The molecule has 0 amide bonds. The second-order valence-corrected chi connectivity index (χ2v) is 3.68. The third-order valence-corrected chi connectivity index (χ3v) is 2.45. The summed E-state index contributed by atoms with van der Waals surface area (Å²) in [5.41, 5.74) is 2.08. The van der Waals surface area contributed by atoms with Crippen molar-refractivity contribution in [1.82, 2.24) is 9.97 Å². The van der Waals surface area contributed by atoms with Gasteiger partial charge in [-0.25, -0.2) is 0 Å². The summed E-state index contributed by atoms with van der Waals surface area (Å²) < 4.78 is 0. The Morgan fingerprint density at radius 2 is 2.21 bits per heavy atom. The van der Waals surface area contributed by atoms with Crippen molar-refractivity contribution in [3.8, 4) is 0 Å². The second-order valence-electron chi connectivity index (χ2n) is 3.68. The van der Waals surface area contributed by atoms with Gasteiger partial charge in [-0.1, -0.05) is 0 Å². The zero-order chi connectivity index (χ0) is 9.38. The lowest BCUT2D eigenvalue weighted by Gasteiger charge is -2.06. The minimum Gasteiger partial charge on any atom is -0.379 e. The summed E-state index contributed by atoms with van der Waals surface area (Å²) in [5, 5.41) is 4.53. The minimum absolute atomic E-state index is 0.643. The fraction of sp³-hybridized carbons (Fsp3) is 0.273. The van der Waals surface area contributed by atoms with Crippen LogP contribution in [0.15, 0.2) is 30.7 Å². The van der Waals surface area contributed by atoms with Crippen LogP contribution in [0.2, 0.25) is 0 Å². The molecule has 1 fully saturated rings. The molecule has 3 heteroatoms. The zero-order valence-corrected chi connectivity index (χ0v) is 7.77. The van der Waals surface area contributed by atoms with E-state index in [0.717, 1.165) is 16.6 Å². The zero-order valence-electron chi connectivity index (χ0n) is 7.77. The highest BCUT2D eigenvalue weighted by Crippen LogP contribution is 2.27. The fourth-order valence-electron chi connectivity index (χ4n) is 1.55. The molecule has 0 atom stereocenters. The summed E-state index contributed by atoms with van der Waals surface area (Å²) in [6.07, 6.45) is 8.06. The Labute approximate surface area is 82.2 Å². The molecule has 2 heterocycles. The van der Waals surface area contributed by atoms with Crippen molar-refractivity contribution in [3.63, 3.8) is 0 Å². The van der Waals surface area contributed by atoms with Crippen LogP contribution in [0.3, 0.4) is 0 Å². The van der Waals surface area contributed by atoms with Gasteiger partial charge in [-0.15, -0.1) is 0 Å². The SMILES string of the molecule is c1cnc2c(NC3CC3)cncc2c1. The molecule has 3 nitrogen and oxygen atoms in total. The summed E-state index contributed by atoms with van der Waals surface area (Å²) in [7, 11) is 0. The Balaban J connectivity index is 2.11. The van der Waals surface area contributed by atoms with Crippen molar-refractivity contribution in [2.75, 3.05) is 5.32 Å². The highest BCUT2D eigenvalue weighted by molar-refractivity contribution is 5.89. The van der Waals surface area contributed by atoms with Crippen molar-refractivity contribution in [2.24, 2.45) is 0 Å². The molecular weight excluding hydrogens is 174 g/mol. The van der Waals surface area contributed by atoms with E-state index in [0.29, 0.717) is 6.04 Å². The summed E-state index contributed by atoms with van der Waals surface area (Å²) in [6, 6.07) is 4.61. The van der Waals surface area contributed by atoms with Crippen LogP contribution in [-0.2, 0) is 0 Å². The highest BCUT2D eigenvalue weighted by Gasteiger charge is 2.21. The molecule has 0 bridgehead atoms. The Morgan fingerprint density at radius 1 is 1.29 bits per heavy atom. The molecule has 1 aliphatic carbocycles. The van der Waals surface area contributed by atoms with E-state index in [4.69, 9.17) is 0 Å². The normalized spacial score (nSPS) is 15.7. The fourth-order valence-corrected chi connectivity index (χ4v) is 1.55. The van der Waals surface area contributed by atoms with Crippen molar-refractivity contribution in [1.29, 1.82) is 0 Å². The number of hydrogen-bond acceptors (Lipinski definition) is 3. The van der Waals surface area contributed by atoms with Crippen LogP contribution in [0.1, 0.15) is 12.8 Å². The van der Waals surface area contributed by atoms with E-state index < -0.39 is 0 Å². The predicted molar refractivity (Wildman–Crippen MR) is 56.2 cm³/mol. The van der Waals surface area contributed by atoms with Gasteiger partial charge in [0.2, 0.25) is 0 Å². The Kier molecular flexibility index (Phi) is 1.63. The first kappa shape index (κ1) is 7.74. The molecule has 0 aliphatic heterocycles. The first-order valence-electron chi connectivity index (χ1n) is 4.89. The first-order valence-corrected chi connectivity index (χ1v) is 4.89. The Bertz CT molecular complexity index is 458. The van der Waals surface area contributed by atoms with Crippen LogP contribution in [0, 0.1) is 0 Å². The molecule has 70 valence electrons. The third kappa shape index (κ3) is 1.31. The van der Waals surface area contributed by atoms with E-state index in [-0.39, 0.29) is 0 Å². The van der Waals surface area contributed by atoms with E-state index in [2.05, 4.69) is 15.3 Å². The molecular formula is C11H11N3. The lowest BCUT2D eigenvalue weighted by atomic mass is 10.2. The predicted octanol–water partition coefficient (Wildman–Crippen LogP) is 2.20. The summed E-state index contributed by atoms with van der Waals surface area (Å²) >= 11 is 0.